The van der Waals surface area contributed by atoms with E-state index in [1.54, 1.807) is 16.8 Å². The molecule has 90 valence electrons. The molecule has 0 N–H and O–H groups in total. The van der Waals surface area contributed by atoms with Gasteiger partial charge in [-0.2, -0.15) is 0 Å². The molecule has 1 heterocycles. The molecule has 4 heteroatoms. The molecule has 16 heavy (non-hydrogen) atoms. The molecule has 0 unspecified atom stereocenters. The van der Waals surface area contributed by atoms with Crippen LogP contribution in [0.4, 0.5) is 0 Å². The molecule has 1 aliphatic carbocycles. The SMILES string of the molecule is CN1CCN(C(=O)C2CCCCC2)CC1=O. The number of piperazine rings is 1. The Labute approximate surface area is 96.6 Å². The Morgan fingerprint density at radius 1 is 1.19 bits per heavy atom. The molecule has 2 aliphatic rings. The van der Waals surface area contributed by atoms with Gasteiger partial charge < -0.3 is 9.80 Å². The van der Waals surface area contributed by atoms with Crippen molar-refractivity contribution >= 4 is 11.8 Å². The molecule has 0 atom stereocenters. The van der Waals surface area contributed by atoms with Gasteiger partial charge in [-0.1, -0.05) is 19.3 Å². The van der Waals surface area contributed by atoms with E-state index in [9.17, 15) is 9.59 Å². The van der Waals surface area contributed by atoms with Gasteiger partial charge in [0.15, 0.2) is 0 Å². The normalized spacial score (nSPS) is 23.7. The molecule has 1 aliphatic heterocycles. The topological polar surface area (TPSA) is 40.6 Å². The molecule has 2 amide bonds. The van der Waals surface area contributed by atoms with E-state index < -0.39 is 0 Å². The van der Waals surface area contributed by atoms with Crippen LogP contribution in [0.2, 0.25) is 0 Å². The monoisotopic (exact) mass is 224 g/mol. The van der Waals surface area contributed by atoms with Crippen molar-refractivity contribution in [2.24, 2.45) is 5.92 Å². The fourth-order valence-corrected chi connectivity index (χ4v) is 2.55. The van der Waals surface area contributed by atoms with E-state index in [1.165, 1.54) is 6.42 Å². The summed E-state index contributed by atoms with van der Waals surface area (Å²) in [5.74, 6) is 0.460. The molecular weight excluding hydrogens is 204 g/mol. The van der Waals surface area contributed by atoms with Gasteiger partial charge >= 0.3 is 0 Å². The predicted octanol–water partition coefficient (Wildman–Crippen LogP) is 0.867. The Balaban J connectivity index is 1.91. The Morgan fingerprint density at radius 3 is 2.50 bits per heavy atom. The number of rotatable bonds is 1. The van der Waals surface area contributed by atoms with Crippen molar-refractivity contribution in [2.45, 2.75) is 32.1 Å². The van der Waals surface area contributed by atoms with Gasteiger partial charge in [0.2, 0.25) is 11.8 Å². The zero-order valence-electron chi connectivity index (χ0n) is 9.95. The van der Waals surface area contributed by atoms with Crippen molar-refractivity contribution in [1.29, 1.82) is 0 Å². The minimum absolute atomic E-state index is 0.0652. The lowest BCUT2D eigenvalue weighted by atomic mass is 9.88. The Hall–Kier alpha value is -1.06. The number of hydrogen-bond acceptors (Lipinski definition) is 2. The highest BCUT2D eigenvalue weighted by Gasteiger charge is 2.30. The van der Waals surface area contributed by atoms with Gasteiger partial charge in [-0.15, -0.1) is 0 Å². The van der Waals surface area contributed by atoms with Crippen LogP contribution in [0.25, 0.3) is 0 Å². The van der Waals surface area contributed by atoms with Gasteiger partial charge in [-0.25, -0.2) is 0 Å². The maximum Gasteiger partial charge on any atom is 0.241 e. The summed E-state index contributed by atoms with van der Waals surface area (Å²) >= 11 is 0. The Morgan fingerprint density at radius 2 is 1.88 bits per heavy atom. The lowest BCUT2D eigenvalue weighted by Crippen LogP contribution is -2.52. The molecule has 2 fully saturated rings. The summed E-state index contributed by atoms with van der Waals surface area (Å²) in [5, 5.41) is 0. The first-order chi connectivity index (χ1) is 7.68. The van der Waals surface area contributed by atoms with E-state index in [1.807, 2.05) is 0 Å². The molecule has 0 bridgehead atoms. The van der Waals surface area contributed by atoms with Crippen LogP contribution in [0, 0.1) is 5.92 Å². The first-order valence-electron chi connectivity index (χ1n) is 6.21. The number of nitrogens with zero attached hydrogens (tertiary/aromatic N) is 2. The summed E-state index contributed by atoms with van der Waals surface area (Å²) in [6, 6.07) is 0. The summed E-state index contributed by atoms with van der Waals surface area (Å²) in [6.07, 6.45) is 5.61. The molecule has 0 aromatic heterocycles. The van der Waals surface area contributed by atoms with Crippen LogP contribution in [-0.4, -0.2) is 48.3 Å². The fourth-order valence-electron chi connectivity index (χ4n) is 2.55. The third-order valence-electron chi connectivity index (χ3n) is 3.72. The van der Waals surface area contributed by atoms with Crippen LogP contribution < -0.4 is 0 Å². The van der Waals surface area contributed by atoms with Gasteiger partial charge in [-0.3, -0.25) is 9.59 Å². The molecule has 0 radical (unpaired) electrons. The molecule has 1 saturated heterocycles. The molecule has 0 aromatic carbocycles. The second-order valence-electron chi connectivity index (χ2n) is 4.91. The number of carbonyl (C=O) groups is 2. The van der Waals surface area contributed by atoms with Crippen molar-refractivity contribution in [3.63, 3.8) is 0 Å². The van der Waals surface area contributed by atoms with Crippen LogP contribution in [0.5, 0.6) is 0 Å². The van der Waals surface area contributed by atoms with Crippen molar-refractivity contribution in [2.75, 3.05) is 26.7 Å². The van der Waals surface area contributed by atoms with Gasteiger partial charge in [0.1, 0.15) is 0 Å². The molecular formula is C12H20N2O2. The van der Waals surface area contributed by atoms with Crippen molar-refractivity contribution in [3.05, 3.63) is 0 Å². The van der Waals surface area contributed by atoms with Crippen LogP contribution in [0.1, 0.15) is 32.1 Å². The largest absolute Gasteiger partial charge is 0.342 e. The first-order valence-corrected chi connectivity index (χ1v) is 6.21. The highest BCUT2D eigenvalue weighted by atomic mass is 16.2. The van der Waals surface area contributed by atoms with Crippen LogP contribution in [0.15, 0.2) is 0 Å². The summed E-state index contributed by atoms with van der Waals surface area (Å²) in [4.78, 5) is 27.1. The maximum atomic E-state index is 12.2. The minimum atomic E-state index is 0.0652. The van der Waals surface area contributed by atoms with Crippen LogP contribution >= 0.6 is 0 Å². The Kier molecular flexibility index (Phi) is 3.46. The third kappa shape index (κ3) is 2.36. The first kappa shape index (κ1) is 11.4. The Bertz CT molecular complexity index is 285. The lowest BCUT2D eigenvalue weighted by molar-refractivity contribution is -0.147. The van der Waals surface area contributed by atoms with Gasteiger partial charge in [0.05, 0.1) is 6.54 Å². The smallest absolute Gasteiger partial charge is 0.241 e. The number of amides is 2. The van der Waals surface area contributed by atoms with Gasteiger partial charge in [0, 0.05) is 26.1 Å². The third-order valence-corrected chi connectivity index (χ3v) is 3.72. The average Bonchev–Trinajstić information content (AvgIpc) is 2.33. The van der Waals surface area contributed by atoms with E-state index in [4.69, 9.17) is 0 Å². The standard InChI is InChI=1S/C12H20N2O2/c1-13-7-8-14(9-11(13)15)12(16)10-5-3-2-4-6-10/h10H,2-9H2,1H3. The van der Waals surface area contributed by atoms with Crippen LogP contribution in [0.3, 0.4) is 0 Å². The summed E-state index contributed by atoms with van der Waals surface area (Å²) in [5.41, 5.74) is 0. The summed E-state index contributed by atoms with van der Waals surface area (Å²) in [7, 11) is 1.80. The second kappa shape index (κ2) is 4.85. The number of carbonyl (C=O) groups excluding carboxylic acids is 2. The van der Waals surface area contributed by atoms with E-state index in [0.717, 1.165) is 25.7 Å². The molecule has 2 rings (SSSR count). The molecule has 4 nitrogen and oxygen atoms in total. The van der Waals surface area contributed by atoms with E-state index in [-0.39, 0.29) is 24.3 Å². The van der Waals surface area contributed by atoms with E-state index in [0.29, 0.717) is 13.1 Å². The van der Waals surface area contributed by atoms with Crippen molar-refractivity contribution in [1.82, 2.24) is 9.80 Å². The summed E-state index contributed by atoms with van der Waals surface area (Å²) < 4.78 is 0. The molecule has 0 spiro atoms. The molecule has 0 aromatic rings. The minimum Gasteiger partial charge on any atom is -0.342 e. The van der Waals surface area contributed by atoms with Crippen molar-refractivity contribution < 1.29 is 9.59 Å². The van der Waals surface area contributed by atoms with Gasteiger partial charge in [0.25, 0.3) is 0 Å². The van der Waals surface area contributed by atoms with Crippen LogP contribution in [-0.2, 0) is 9.59 Å². The zero-order valence-corrected chi connectivity index (χ0v) is 9.95. The zero-order chi connectivity index (χ0) is 11.5. The average molecular weight is 224 g/mol. The number of hydrogen-bond donors (Lipinski definition) is 0. The number of likely N-dealkylation sites (N-methyl/N-ethyl adjacent to an activating group) is 1. The highest BCUT2D eigenvalue weighted by molar-refractivity contribution is 5.87. The second-order valence-corrected chi connectivity index (χ2v) is 4.91. The van der Waals surface area contributed by atoms with Gasteiger partial charge in [-0.05, 0) is 12.8 Å². The highest BCUT2D eigenvalue weighted by Crippen LogP contribution is 2.25. The maximum absolute atomic E-state index is 12.2. The lowest BCUT2D eigenvalue weighted by Gasteiger charge is -2.35. The fraction of sp³-hybridized carbons (Fsp3) is 0.833. The van der Waals surface area contributed by atoms with E-state index in [2.05, 4.69) is 0 Å². The molecule has 1 saturated carbocycles. The quantitative estimate of drug-likeness (QED) is 0.663. The summed E-state index contributed by atoms with van der Waals surface area (Å²) in [6.45, 7) is 1.67. The van der Waals surface area contributed by atoms with E-state index >= 15 is 0 Å². The predicted molar refractivity (Wildman–Crippen MR) is 60.8 cm³/mol. The van der Waals surface area contributed by atoms with Crippen molar-refractivity contribution in [3.8, 4) is 0 Å².